The lowest BCUT2D eigenvalue weighted by Crippen LogP contribution is -2.15. The molecule has 3 aromatic rings. The molecule has 4 heteroatoms. The molecule has 134 valence electrons. The third-order valence-electron chi connectivity index (χ3n) is 4.21. The molecule has 0 spiro atoms. The Labute approximate surface area is 155 Å². The molecule has 4 nitrogen and oxygen atoms in total. The number of nitrogens with two attached hydrogens (primary N) is 2. The highest BCUT2D eigenvalue weighted by Crippen LogP contribution is 2.09. The first kappa shape index (κ1) is 18.0. The molecule has 6 N–H and O–H groups in total. The van der Waals surface area contributed by atoms with Crippen molar-refractivity contribution >= 4 is 11.4 Å². The summed E-state index contributed by atoms with van der Waals surface area (Å²) in [5, 5.41) is 6.94. The fourth-order valence-corrected chi connectivity index (χ4v) is 2.96. The Hall–Kier alpha value is -2.82. The molecule has 0 aliphatic rings. The molecule has 3 rings (SSSR count). The number of hydrogen-bond donors (Lipinski definition) is 4. The number of benzene rings is 3. The van der Waals surface area contributed by atoms with Gasteiger partial charge >= 0.3 is 0 Å². The summed E-state index contributed by atoms with van der Waals surface area (Å²) in [5.41, 5.74) is 18.2. The lowest BCUT2D eigenvalue weighted by molar-refractivity contribution is 0.681. The molecule has 0 aromatic heterocycles. The smallest absolute Gasteiger partial charge is 0.0317 e. The van der Waals surface area contributed by atoms with E-state index in [0.717, 1.165) is 37.6 Å². The van der Waals surface area contributed by atoms with Gasteiger partial charge in [-0.1, -0.05) is 48.5 Å². The zero-order chi connectivity index (χ0) is 18.2. The van der Waals surface area contributed by atoms with E-state index in [1.54, 1.807) is 0 Å². The molecule has 0 unspecified atom stereocenters. The zero-order valence-corrected chi connectivity index (χ0v) is 14.9. The van der Waals surface area contributed by atoms with E-state index in [0.29, 0.717) is 0 Å². The van der Waals surface area contributed by atoms with Crippen LogP contribution >= 0.6 is 0 Å². The third kappa shape index (κ3) is 5.62. The predicted octanol–water partition coefficient (Wildman–Crippen LogP) is 3.43. The summed E-state index contributed by atoms with van der Waals surface area (Å²) in [5.74, 6) is 0. The van der Waals surface area contributed by atoms with E-state index in [2.05, 4.69) is 47.0 Å². The van der Waals surface area contributed by atoms with Gasteiger partial charge in [0, 0.05) is 37.6 Å². The number of rotatable bonds is 8. The van der Waals surface area contributed by atoms with Gasteiger partial charge in [0.25, 0.3) is 0 Å². The van der Waals surface area contributed by atoms with Crippen molar-refractivity contribution in [3.63, 3.8) is 0 Å². The van der Waals surface area contributed by atoms with Gasteiger partial charge in [-0.15, -0.1) is 0 Å². The highest BCUT2D eigenvalue weighted by molar-refractivity contribution is 5.41. The van der Waals surface area contributed by atoms with Crippen molar-refractivity contribution in [2.24, 2.45) is 0 Å². The van der Waals surface area contributed by atoms with Gasteiger partial charge in [-0.3, -0.25) is 0 Å². The molecule has 26 heavy (non-hydrogen) atoms. The van der Waals surface area contributed by atoms with Gasteiger partial charge in [0.15, 0.2) is 0 Å². The quantitative estimate of drug-likeness (QED) is 0.471. The van der Waals surface area contributed by atoms with Gasteiger partial charge in [0.1, 0.15) is 0 Å². The average molecular weight is 346 g/mol. The molecule has 0 radical (unpaired) electrons. The Kier molecular flexibility index (Phi) is 6.25. The van der Waals surface area contributed by atoms with Crippen molar-refractivity contribution in [2.45, 2.75) is 26.2 Å². The minimum Gasteiger partial charge on any atom is -0.399 e. The lowest BCUT2D eigenvalue weighted by atomic mass is 10.1. The Morgan fingerprint density at radius 1 is 0.500 bits per heavy atom. The number of hydrogen-bond acceptors (Lipinski definition) is 4. The van der Waals surface area contributed by atoms with Gasteiger partial charge in [-0.25, -0.2) is 0 Å². The van der Waals surface area contributed by atoms with E-state index >= 15 is 0 Å². The molecule has 0 saturated heterocycles. The van der Waals surface area contributed by atoms with Crippen molar-refractivity contribution in [3.8, 4) is 0 Å². The maximum Gasteiger partial charge on any atom is 0.0317 e. The van der Waals surface area contributed by atoms with Gasteiger partial charge in [0.2, 0.25) is 0 Å². The van der Waals surface area contributed by atoms with Gasteiger partial charge < -0.3 is 22.1 Å². The van der Waals surface area contributed by atoms with Gasteiger partial charge in [0.05, 0.1) is 0 Å². The van der Waals surface area contributed by atoms with E-state index in [-0.39, 0.29) is 0 Å². The molecular formula is C22H26N4. The summed E-state index contributed by atoms with van der Waals surface area (Å²) in [6.45, 7) is 3.28. The van der Waals surface area contributed by atoms with Crippen LogP contribution in [0.1, 0.15) is 22.3 Å². The molecule has 0 aliphatic carbocycles. The average Bonchev–Trinajstić information content (AvgIpc) is 2.62. The van der Waals surface area contributed by atoms with Crippen LogP contribution in [0.5, 0.6) is 0 Å². The van der Waals surface area contributed by atoms with Crippen LogP contribution in [0.15, 0.2) is 72.8 Å². The summed E-state index contributed by atoms with van der Waals surface area (Å²) < 4.78 is 0. The highest BCUT2D eigenvalue weighted by Gasteiger charge is 1.99. The number of nitrogens with one attached hydrogen (secondary N) is 2. The van der Waals surface area contributed by atoms with Crippen LogP contribution in [-0.4, -0.2) is 0 Å². The first-order chi connectivity index (χ1) is 12.7. The molecule has 0 atom stereocenters. The third-order valence-corrected chi connectivity index (χ3v) is 4.21. The summed E-state index contributed by atoms with van der Waals surface area (Å²) in [7, 11) is 0. The topological polar surface area (TPSA) is 76.1 Å². The predicted molar refractivity (Wildman–Crippen MR) is 109 cm³/mol. The van der Waals surface area contributed by atoms with Crippen molar-refractivity contribution in [3.05, 3.63) is 95.1 Å². The van der Waals surface area contributed by atoms with E-state index in [9.17, 15) is 0 Å². The summed E-state index contributed by atoms with van der Waals surface area (Å²) in [6, 6.07) is 24.6. The first-order valence-corrected chi connectivity index (χ1v) is 8.87. The van der Waals surface area contributed by atoms with Crippen LogP contribution in [-0.2, 0) is 26.2 Å². The van der Waals surface area contributed by atoms with Crippen molar-refractivity contribution < 1.29 is 0 Å². The van der Waals surface area contributed by atoms with Gasteiger partial charge in [-0.2, -0.15) is 0 Å². The molecule has 0 heterocycles. The standard InChI is InChI=1S/C22H26N4/c23-21-8-2-6-19(11-21)15-25-13-17-4-1-5-18(10-17)14-26-16-20-7-3-9-22(24)12-20/h1-12,25-26H,13-16,23-24H2. The van der Waals surface area contributed by atoms with Crippen LogP contribution in [0.4, 0.5) is 11.4 Å². The lowest BCUT2D eigenvalue weighted by Gasteiger charge is -2.09. The van der Waals surface area contributed by atoms with Gasteiger partial charge in [-0.05, 0) is 46.5 Å². The Balaban J connectivity index is 1.46. The first-order valence-electron chi connectivity index (χ1n) is 8.87. The van der Waals surface area contributed by atoms with E-state index in [1.807, 2.05) is 36.4 Å². The van der Waals surface area contributed by atoms with E-state index < -0.39 is 0 Å². The van der Waals surface area contributed by atoms with Crippen LogP contribution in [0.3, 0.4) is 0 Å². The Bertz CT molecular complexity index is 778. The number of nitrogen functional groups attached to an aromatic ring is 2. The minimum atomic E-state index is 0.803. The maximum absolute atomic E-state index is 5.82. The summed E-state index contributed by atoms with van der Waals surface area (Å²) in [6.07, 6.45) is 0. The largest absolute Gasteiger partial charge is 0.399 e. The normalized spacial score (nSPS) is 10.8. The molecule has 0 bridgehead atoms. The molecule has 0 aliphatic heterocycles. The van der Waals surface area contributed by atoms with Crippen LogP contribution in [0.25, 0.3) is 0 Å². The summed E-state index contributed by atoms with van der Waals surface area (Å²) >= 11 is 0. The Morgan fingerprint density at radius 3 is 1.23 bits per heavy atom. The van der Waals surface area contributed by atoms with Crippen molar-refractivity contribution in [1.29, 1.82) is 0 Å². The molecule has 0 saturated carbocycles. The van der Waals surface area contributed by atoms with Crippen LogP contribution in [0, 0.1) is 0 Å². The monoisotopic (exact) mass is 346 g/mol. The second kappa shape index (κ2) is 9.04. The summed E-state index contributed by atoms with van der Waals surface area (Å²) in [4.78, 5) is 0. The fourth-order valence-electron chi connectivity index (χ4n) is 2.96. The molecule has 0 amide bonds. The van der Waals surface area contributed by atoms with Crippen molar-refractivity contribution in [2.75, 3.05) is 11.5 Å². The molecule has 3 aromatic carbocycles. The SMILES string of the molecule is Nc1cccc(CNCc2cccc(CNCc3cccc(N)c3)c2)c1. The van der Waals surface area contributed by atoms with Crippen LogP contribution in [0.2, 0.25) is 0 Å². The zero-order valence-electron chi connectivity index (χ0n) is 14.9. The highest BCUT2D eigenvalue weighted by atomic mass is 14.9. The van der Waals surface area contributed by atoms with Crippen LogP contribution < -0.4 is 22.1 Å². The second-order valence-corrected chi connectivity index (χ2v) is 6.52. The Morgan fingerprint density at radius 2 is 0.846 bits per heavy atom. The fraction of sp³-hybridized carbons (Fsp3) is 0.182. The van der Waals surface area contributed by atoms with E-state index in [4.69, 9.17) is 11.5 Å². The second-order valence-electron chi connectivity index (χ2n) is 6.52. The molecule has 0 fully saturated rings. The van der Waals surface area contributed by atoms with Crippen molar-refractivity contribution in [1.82, 2.24) is 10.6 Å². The van der Waals surface area contributed by atoms with E-state index in [1.165, 1.54) is 22.3 Å². The number of anilines is 2. The molecular weight excluding hydrogens is 320 g/mol. The minimum absolute atomic E-state index is 0.803. The maximum atomic E-state index is 5.82.